The highest BCUT2D eigenvalue weighted by Gasteiger charge is 2.29. The Morgan fingerprint density at radius 2 is 1.87 bits per heavy atom. The van der Waals surface area contributed by atoms with Crippen LogP contribution in [0.3, 0.4) is 0 Å². The van der Waals surface area contributed by atoms with Gasteiger partial charge in [-0.2, -0.15) is 13.2 Å². The van der Waals surface area contributed by atoms with Crippen molar-refractivity contribution in [2.75, 3.05) is 11.9 Å². The summed E-state index contributed by atoms with van der Waals surface area (Å²) in [4.78, 5) is 7.41. The third-order valence-electron chi connectivity index (χ3n) is 4.35. The number of nitrogens with one attached hydrogen (secondary N) is 2. The van der Waals surface area contributed by atoms with Crippen LogP contribution in [0, 0.1) is 0 Å². The lowest BCUT2D eigenvalue weighted by Gasteiger charge is -2.07. The van der Waals surface area contributed by atoms with Gasteiger partial charge in [0.25, 0.3) is 0 Å². The Hall–Kier alpha value is -3.37. The summed E-state index contributed by atoms with van der Waals surface area (Å²) in [6.45, 7) is 6.81. The molecule has 4 N–H and O–H groups in total. The molecule has 0 aliphatic heterocycles. The summed E-state index contributed by atoms with van der Waals surface area (Å²) in [6, 6.07) is 11.6. The highest BCUT2D eigenvalue weighted by Crippen LogP contribution is 2.29. The predicted octanol–water partition coefficient (Wildman–Crippen LogP) is 4.52. The van der Waals surface area contributed by atoms with Gasteiger partial charge in [-0.05, 0) is 29.3 Å². The number of benzene rings is 2. The summed E-state index contributed by atoms with van der Waals surface area (Å²) in [6.07, 6.45) is -2.39. The molecular formula is C21H19F3N4O2S. The van der Waals surface area contributed by atoms with E-state index in [0.29, 0.717) is 33.7 Å². The summed E-state index contributed by atoms with van der Waals surface area (Å²) >= 11 is 0. The minimum Gasteiger partial charge on any atom is -0.352 e. The van der Waals surface area contributed by atoms with Crippen LogP contribution in [-0.2, 0) is 10.0 Å². The van der Waals surface area contributed by atoms with E-state index >= 15 is 0 Å². The van der Waals surface area contributed by atoms with Gasteiger partial charge < -0.3 is 10.3 Å². The number of anilines is 1. The zero-order chi connectivity index (χ0) is 22.8. The smallest absolute Gasteiger partial charge is 0.352 e. The molecule has 6 nitrogen and oxygen atoms in total. The molecule has 1 heterocycles. The Morgan fingerprint density at radius 1 is 1.16 bits per heavy atom. The van der Waals surface area contributed by atoms with E-state index in [4.69, 9.17) is 5.14 Å². The maximum atomic E-state index is 12.5. The molecule has 0 fully saturated rings. The molecular weight excluding hydrogens is 429 g/mol. The van der Waals surface area contributed by atoms with Crippen molar-refractivity contribution in [1.82, 2.24) is 9.97 Å². The van der Waals surface area contributed by atoms with Gasteiger partial charge in [0.05, 0.1) is 15.9 Å². The lowest BCUT2D eigenvalue weighted by atomic mass is 10.1. The van der Waals surface area contributed by atoms with E-state index in [9.17, 15) is 21.6 Å². The van der Waals surface area contributed by atoms with Crippen LogP contribution in [0.1, 0.15) is 0 Å². The molecule has 0 spiro atoms. The molecule has 3 aromatic rings. The summed E-state index contributed by atoms with van der Waals surface area (Å²) in [5.74, 6) is 0.385. The zero-order valence-electron chi connectivity index (χ0n) is 16.2. The molecule has 10 heteroatoms. The van der Waals surface area contributed by atoms with Crippen LogP contribution in [0.25, 0.3) is 22.2 Å². The Balaban J connectivity index is 1.78. The second kappa shape index (κ2) is 8.40. The fraction of sp³-hybridized carbons (Fsp3) is 0.0952. The Bertz CT molecular complexity index is 1290. The molecule has 0 unspecified atom stereocenters. The number of fused-ring (bicyclic) bond motifs is 1. The molecule has 0 aliphatic rings. The molecule has 1 aromatic heterocycles. The van der Waals surface area contributed by atoms with Crippen LogP contribution in [-0.4, -0.2) is 31.1 Å². The molecule has 162 valence electrons. The Morgan fingerprint density at radius 3 is 2.55 bits per heavy atom. The fourth-order valence-corrected chi connectivity index (χ4v) is 3.54. The molecule has 0 bridgehead atoms. The number of imidazole rings is 1. The number of nitrogens with zero attached hydrogens (tertiary/aromatic N) is 1. The van der Waals surface area contributed by atoms with E-state index in [2.05, 4.69) is 28.4 Å². The first-order chi connectivity index (χ1) is 14.4. The monoisotopic (exact) mass is 448 g/mol. The number of aromatic nitrogens is 2. The highest BCUT2D eigenvalue weighted by molar-refractivity contribution is 7.89. The van der Waals surface area contributed by atoms with Crippen molar-refractivity contribution in [1.29, 1.82) is 0 Å². The van der Waals surface area contributed by atoms with Crippen molar-refractivity contribution in [2.45, 2.75) is 11.1 Å². The topological polar surface area (TPSA) is 101 Å². The van der Waals surface area contributed by atoms with Gasteiger partial charge in [-0.15, -0.1) is 0 Å². The van der Waals surface area contributed by atoms with E-state index in [-0.39, 0.29) is 11.4 Å². The van der Waals surface area contributed by atoms with Gasteiger partial charge in [0.1, 0.15) is 0 Å². The second-order valence-corrected chi connectivity index (χ2v) is 8.26. The van der Waals surface area contributed by atoms with Gasteiger partial charge in [0, 0.05) is 17.7 Å². The first-order valence-electron chi connectivity index (χ1n) is 8.93. The Labute approximate surface area is 177 Å². The molecule has 0 saturated carbocycles. The van der Waals surface area contributed by atoms with Crippen molar-refractivity contribution in [3.63, 3.8) is 0 Å². The van der Waals surface area contributed by atoms with E-state index in [1.165, 1.54) is 12.1 Å². The molecule has 3 rings (SSSR count). The zero-order valence-corrected chi connectivity index (χ0v) is 17.0. The Kier molecular flexibility index (Phi) is 6.05. The maximum Gasteiger partial charge on any atom is 0.415 e. The molecule has 0 saturated heterocycles. The van der Waals surface area contributed by atoms with Gasteiger partial charge in [0.2, 0.25) is 16.0 Å². The van der Waals surface area contributed by atoms with Crippen molar-refractivity contribution >= 4 is 27.0 Å². The molecule has 0 atom stereocenters. The first kappa shape index (κ1) is 22.3. The summed E-state index contributed by atoms with van der Waals surface area (Å²) in [7, 11) is -3.90. The second-order valence-electron chi connectivity index (χ2n) is 6.73. The van der Waals surface area contributed by atoms with Crippen molar-refractivity contribution in [3.8, 4) is 11.1 Å². The number of H-pyrrole nitrogens is 1. The standard InChI is InChI=1S/C21H19F3N4O2S/c1-13(7-8-14(2)21(22,23)24)12-26-20-27-17-10-9-15(11-18(17)28-20)16-5-3-4-6-19(16)31(25,29)30/h3-11H,1-2,12H2,(H2,25,29,30)(H2,26,27,28)/b8-7-. The number of primary sulfonamides is 1. The minimum atomic E-state index is -4.48. The minimum absolute atomic E-state index is 0.00995. The van der Waals surface area contributed by atoms with Crippen LogP contribution in [0.4, 0.5) is 19.1 Å². The van der Waals surface area contributed by atoms with Crippen LogP contribution >= 0.6 is 0 Å². The number of rotatable bonds is 7. The lowest BCUT2D eigenvalue weighted by molar-refractivity contribution is -0.0878. The summed E-state index contributed by atoms with van der Waals surface area (Å²) < 4.78 is 61.1. The third kappa shape index (κ3) is 5.41. The molecule has 31 heavy (non-hydrogen) atoms. The van der Waals surface area contributed by atoms with Gasteiger partial charge in [0.15, 0.2) is 0 Å². The summed E-state index contributed by atoms with van der Waals surface area (Å²) in [5.41, 5.74) is 1.77. The van der Waals surface area contributed by atoms with Gasteiger partial charge in [-0.25, -0.2) is 18.5 Å². The quantitative estimate of drug-likeness (QED) is 0.463. The van der Waals surface area contributed by atoms with Gasteiger partial charge in [-0.1, -0.05) is 49.6 Å². The number of hydrogen-bond donors (Lipinski definition) is 3. The van der Waals surface area contributed by atoms with Crippen LogP contribution in [0.5, 0.6) is 0 Å². The van der Waals surface area contributed by atoms with E-state index in [1.54, 1.807) is 36.4 Å². The lowest BCUT2D eigenvalue weighted by Crippen LogP contribution is -2.13. The molecule has 0 amide bonds. The van der Waals surface area contributed by atoms with E-state index < -0.39 is 21.8 Å². The highest BCUT2D eigenvalue weighted by atomic mass is 32.2. The average molecular weight is 448 g/mol. The number of allylic oxidation sites excluding steroid dienone is 2. The van der Waals surface area contributed by atoms with Crippen LogP contribution in [0.15, 0.2) is 83.8 Å². The number of aromatic amines is 1. The van der Waals surface area contributed by atoms with Crippen molar-refractivity contribution in [3.05, 3.63) is 78.9 Å². The number of halogens is 3. The predicted molar refractivity (Wildman–Crippen MR) is 115 cm³/mol. The number of sulfonamides is 1. The van der Waals surface area contributed by atoms with E-state index in [1.807, 2.05) is 0 Å². The van der Waals surface area contributed by atoms with Crippen molar-refractivity contribution in [2.24, 2.45) is 5.14 Å². The largest absolute Gasteiger partial charge is 0.415 e. The average Bonchev–Trinajstić information content (AvgIpc) is 3.11. The van der Waals surface area contributed by atoms with Gasteiger partial charge >= 0.3 is 6.18 Å². The normalized spacial score (nSPS) is 12.4. The first-order valence-corrected chi connectivity index (χ1v) is 10.5. The molecule has 0 radical (unpaired) electrons. The number of nitrogens with two attached hydrogens (primary N) is 1. The molecule has 0 aliphatic carbocycles. The van der Waals surface area contributed by atoms with Crippen LogP contribution in [0.2, 0.25) is 0 Å². The number of hydrogen-bond acceptors (Lipinski definition) is 4. The van der Waals surface area contributed by atoms with E-state index in [0.717, 1.165) is 6.08 Å². The van der Waals surface area contributed by atoms with Crippen LogP contribution < -0.4 is 10.5 Å². The number of alkyl halides is 3. The summed E-state index contributed by atoms with van der Waals surface area (Å²) in [5, 5.41) is 8.25. The molecule has 2 aromatic carbocycles. The third-order valence-corrected chi connectivity index (χ3v) is 5.32. The fourth-order valence-electron chi connectivity index (χ4n) is 2.78. The maximum absolute atomic E-state index is 12.5. The van der Waals surface area contributed by atoms with Crippen molar-refractivity contribution < 1.29 is 21.6 Å². The van der Waals surface area contributed by atoms with Gasteiger partial charge in [-0.3, -0.25) is 0 Å². The SMILES string of the molecule is C=C(/C=C\C(=C)C(F)(F)F)CNc1nc2ccc(-c3ccccc3S(N)(=O)=O)cc2[nH]1.